The Labute approximate surface area is 457 Å². The molecule has 2 aromatic carbocycles. The van der Waals surface area contributed by atoms with E-state index in [-0.39, 0.29) is 0 Å². The summed E-state index contributed by atoms with van der Waals surface area (Å²) in [7, 11) is 0. The molecular formula is C72H81N5. The Kier molecular flexibility index (Phi) is 9.32. The van der Waals surface area contributed by atoms with Gasteiger partial charge in [-0.3, -0.25) is 0 Å². The van der Waals surface area contributed by atoms with Gasteiger partial charge in [-0.1, -0.05) is 69.2 Å². The molecule has 4 aromatic heterocycles. The lowest BCUT2D eigenvalue weighted by molar-refractivity contribution is 0.0111. The average Bonchev–Trinajstić information content (AvgIpc) is 4.33. The van der Waals surface area contributed by atoms with Crippen LogP contribution in [0.4, 0.5) is 0 Å². The van der Waals surface area contributed by atoms with E-state index in [1.54, 1.807) is 55.6 Å². The monoisotopic (exact) mass is 1020 g/mol. The van der Waals surface area contributed by atoms with E-state index in [0.29, 0.717) is 69.0 Å². The summed E-state index contributed by atoms with van der Waals surface area (Å²) in [5.74, 6) is 5.13. The fourth-order valence-corrected chi connectivity index (χ4v) is 19.7. The minimum Gasteiger partial charge on any atom is -0.355 e. The predicted molar refractivity (Wildman–Crippen MR) is 321 cm³/mol. The van der Waals surface area contributed by atoms with E-state index in [9.17, 15) is 0 Å². The second kappa shape index (κ2) is 15.2. The fraction of sp³-hybridized carbons (Fsp3) is 0.500. The van der Waals surface area contributed by atoms with Gasteiger partial charge in [0.25, 0.3) is 0 Å². The number of hydrogen-bond acceptors (Lipinski definition) is 2. The maximum absolute atomic E-state index is 6.19. The largest absolute Gasteiger partial charge is 0.355 e. The zero-order valence-electron chi connectivity index (χ0n) is 48.7. The van der Waals surface area contributed by atoms with Gasteiger partial charge < -0.3 is 15.0 Å². The van der Waals surface area contributed by atoms with Gasteiger partial charge in [-0.15, -0.1) is 0 Å². The molecule has 77 heavy (non-hydrogen) atoms. The van der Waals surface area contributed by atoms with Gasteiger partial charge in [0, 0.05) is 38.7 Å². The average molecular weight is 1020 g/mol. The van der Waals surface area contributed by atoms with Crippen LogP contribution in [0.1, 0.15) is 221 Å². The van der Waals surface area contributed by atoms with Crippen molar-refractivity contribution in [1.82, 2.24) is 24.9 Å². The smallest absolute Gasteiger partial charge is 0.0907 e. The number of aromatic nitrogens is 5. The second-order valence-electron chi connectivity index (χ2n) is 29.2. The molecule has 20 rings (SSSR count). The number of H-pyrrole nitrogens is 3. The van der Waals surface area contributed by atoms with E-state index >= 15 is 0 Å². The number of aryl methyl sites for hydroxylation is 2. The zero-order valence-corrected chi connectivity index (χ0v) is 48.7. The summed E-state index contributed by atoms with van der Waals surface area (Å²) in [6.07, 6.45) is 16.6. The van der Waals surface area contributed by atoms with Crippen LogP contribution in [0.2, 0.25) is 0 Å². The Bertz CT molecular complexity index is 3900. The number of hydrogen-bond donors (Lipinski definition) is 3. The van der Waals surface area contributed by atoms with Gasteiger partial charge in [0.05, 0.1) is 28.3 Å². The lowest BCUT2D eigenvalue weighted by Crippen LogP contribution is -2.51. The number of nitrogens with zero attached hydrogens (tertiary/aromatic N) is 2. The van der Waals surface area contributed by atoms with Crippen LogP contribution in [0.5, 0.6) is 0 Å². The van der Waals surface area contributed by atoms with Crippen LogP contribution in [-0.4, -0.2) is 24.9 Å². The first kappa shape index (κ1) is 47.3. The molecule has 0 spiro atoms. The van der Waals surface area contributed by atoms with Crippen molar-refractivity contribution in [2.24, 2.45) is 45.3 Å². The van der Waals surface area contributed by atoms with Crippen LogP contribution in [-0.2, 0) is 32.1 Å². The molecule has 0 radical (unpaired) electrons. The highest BCUT2D eigenvalue weighted by atomic mass is 14.8. The SMILES string of the molecule is CCC1=C(C)c2nc1cc1ccc([nH]1)c(-c1c3c(c(C)c4c1C[C@H]1C[C@@H]4C1(C)C)[C@@H]1C[C@H](C3)C1(C)C)c1nc(c(-c3c4c(c(C)c5c3C[C@H]3C[C@@H]5C3(C)C)[C@@H]3C[C@H](C4)C3(C)C)c3ccc(cc4[nH]c2c(C)c4CC)[nH]3)C=C1. The van der Waals surface area contributed by atoms with Crippen molar-refractivity contribution in [2.75, 3.05) is 0 Å². The molecule has 2 aliphatic heterocycles. The third kappa shape index (κ3) is 5.83. The molecule has 394 valence electrons. The standard InChI is InChI=1S/C72H81N5/c1-15-43-33(3)67-68-34(4)44(16-2)58(77-68)32-42-18-20-54(74-42)66(64-47-25-39-29-51(71(39,11)12)61(47)36(6)62-48(64)26-40-30-52(62)72(40,13)14)56-22-21-55(75-56)65(53-19-17-41(73-53)31-57(43)76-67)63-45-23-37-27-49(69(37,7)8)59(45)35(5)60-46(63)24-38-28-50(60)70(38,9)10/h17-22,31-32,37-40,49-52,73-74,76H,15-16,23-30H2,1-14H3/t37-,38-,39-,40-,49-,50-,51-,52-/m0/s1. The van der Waals surface area contributed by atoms with E-state index in [0.717, 1.165) is 77.9 Å². The molecule has 8 atom stereocenters. The minimum atomic E-state index is 0.310. The van der Waals surface area contributed by atoms with Crippen molar-refractivity contribution in [3.05, 3.63) is 126 Å². The number of nitrogens with one attached hydrogen (secondary N) is 3. The molecule has 12 aliphatic carbocycles. The van der Waals surface area contributed by atoms with Crippen molar-refractivity contribution < 1.29 is 0 Å². The molecule has 4 saturated carbocycles. The number of fused-ring (bicyclic) bond motifs is 11. The number of rotatable bonds is 4. The van der Waals surface area contributed by atoms with Gasteiger partial charge in [0.1, 0.15) is 0 Å². The number of allylic oxidation sites excluding steroid dienone is 2. The number of benzene rings is 2. The molecule has 6 heterocycles. The molecule has 3 N–H and O–H groups in total. The Morgan fingerprint density at radius 3 is 1.27 bits per heavy atom. The first-order valence-corrected chi connectivity index (χ1v) is 30.4. The van der Waals surface area contributed by atoms with Gasteiger partial charge in [-0.05, 0) is 298 Å². The molecule has 5 heteroatoms. The van der Waals surface area contributed by atoms with E-state index < -0.39 is 0 Å². The van der Waals surface area contributed by atoms with Crippen molar-refractivity contribution in [1.29, 1.82) is 0 Å². The van der Waals surface area contributed by atoms with Crippen molar-refractivity contribution >= 4 is 56.4 Å². The van der Waals surface area contributed by atoms with Gasteiger partial charge in [-0.2, -0.15) is 0 Å². The fourth-order valence-electron chi connectivity index (χ4n) is 19.7. The minimum absolute atomic E-state index is 0.310. The summed E-state index contributed by atoms with van der Waals surface area (Å²) < 4.78 is 0. The van der Waals surface area contributed by atoms with Crippen LogP contribution in [0.15, 0.2) is 36.4 Å². The summed E-state index contributed by atoms with van der Waals surface area (Å²) >= 11 is 0. The molecule has 18 bridgehead atoms. The van der Waals surface area contributed by atoms with Gasteiger partial charge in [0.2, 0.25) is 0 Å². The van der Waals surface area contributed by atoms with Crippen molar-refractivity contribution in [2.45, 2.75) is 185 Å². The van der Waals surface area contributed by atoms with Crippen LogP contribution in [0.3, 0.4) is 0 Å². The lowest BCUT2D eigenvalue weighted by Gasteiger charge is -2.61. The van der Waals surface area contributed by atoms with Crippen LogP contribution in [0, 0.1) is 66.1 Å². The Morgan fingerprint density at radius 2 is 0.883 bits per heavy atom. The van der Waals surface area contributed by atoms with E-state index in [1.807, 2.05) is 0 Å². The molecule has 5 nitrogen and oxygen atoms in total. The normalized spacial score (nSPS) is 28.1. The Balaban J connectivity index is 1.07. The summed E-state index contributed by atoms with van der Waals surface area (Å²) in [6, 6.07) is 14.2. The molecule has 0 amide bonds. The second-order valence-corrected chi connectivity index (χ2v) is 29.2. The maximum Gasteiger partial charge on any atom is 0.0907 e. The Morgan fingerprint density at radius 1 is 0.468 bits per heavy atom. The molecular weight excluding hydrogens is 935 g/mol. The summed E-state index contributed by atoms with van der Waals surface area (Å²) in [5, 5.41) is 0. The van der Waals surface area contributed by atoms with Crippen LogP contribution < -0.4 is 0 Å². The van der Waals surface area contributed by atoms with Gasteiger partial charge >= 0.3 is 0 Å². The molecule has 14 aliphatic rings. The highest BCUT2D eigenvalue weighted by molar-refractivity contribution is 6.01. The predicted octanol–water partition coefficient (Wildman–Crippen LogP) is 18.4. The summed E-state index contributed by atoms with van der Waals surface area (Å²) in [5.41, 5.74) is 40.0. The van der Waals surface area contributed by atoms with Crippen LogP contribution in [0.25, 0.3) is 78.7 Å². The quantitative estimate of drug-likeness (QED) is 0.164. The lowest BCUT2D eigenvalue weighted by atomic mass is 9.43. The summed E-state index contributed by atoms with van der Waals surface area (Å²) in [6.45, 7) is 34.9. The Hall–Kier alpha value is -5.68. The highest BCUT2D eigenvalue weighted by Gasteiger charge is 2.60. The molecule has 0 saturated heterocycles. The van der Waals surface area contributed by atoms with Crippen LogP contribution >= 0.6 is 0 Å². The first-order valence-electron chi connectivity index (χ1n) is 30.4. The number of aromatic amines is 3. The van der Waals surface area contributed by atoms with E-state index in [1.165, 1.54) is 86.8 Å². The van der Waals surface area contributed by atoms with Gasteiger partial charge in [-0.25, -0.2) is 9.97 Å². The van der Waals surface area contributed by atoms with Crippen molar-refractivity contribution in [3.63, 3.8) is 0 Å². The van der Waals surface area contributed by atoms with Gasteiger partial charge in [0.15, 0.2) is 0 Å². The van der Waals surface area contributed by atoms with E-state index in [4.69, 9.17) is 9.97 Å². The highest BCUT2D eigenvalue weighted by Crippen LogP contribution is 2.71. The molecule has 4 fully saturated rings. The first-order chi connectivity index (χ1) is 36.7. The molecule has 6 aromatic rings. The third-order valence-electron chi connectivity index (χ3n) is 25.1. The summed E-state index contributed by atoms with van der Waals surface area (Å²) in [4.78, 5) is 24.0. The van der Waals surface area contributed by atoms with E-state index in [2.05, 4.69) is 160 Å². The zero-order chi connectivity index (χ0) is 53.0. The third-order valence-corrected chi connectivity index (χ3v) is 25.1. The maximum atomic E-state index is 6.19. The topological polar surface area (TPSA) is 73.2 Å². The molecule has 0 unspecified atom stereocenters. The van der Waals surface area contributed by atoms with Crippen molar-refractivity contribution in [3.8, 4) is 22.3 Å².